The average molecular weight is 539 g/mol. The highest BCUT2D eigenvalue weighted by Gasteiger charge is 2.25. The van der Waals surface area contributed by atoms with E-state index in [0.717, 1.165) is 50.5 Å². The lowest BCUT2D eigenvalue weighted by Crippen LogP contribution is -2.03. The van der Waals surface area contributed by atoms with Crippen molar-refractivity contribution in [3.8, 4) is 22.4 Å². The minimum absolute atomic E-state index is 0.132. The summed E-state index contributed by atoms with van der Waals surface area (Å²) in [5.41, 5.74) is 7.49. The first-order valence-corrected chi connectivity index (χ1v) is 13.4. The zero-order chi connectivity index (χ0) is 27.6. The zero-order valence-electron chi connectivity index (χ0n) is 22.4. The van der Waals surface area contributed by atoms with Crippen LogP contribution in [0.3, 0.4) is 0 Å². The highest BCUT2D eigenvalue weighted by atomic mass is 16.6. The summed E-state index contributed by atoms with van der Waals surface area (Å²) in [5, 5.41) is 9.87. The molecule has 0 saturated carbocycles. The second-order valence-electron chi connectivity index (χ2n) is 9.68. The van der Waals surface area contributed by atoms with Crippen LogP contribution in [0.5, 0.6) is 0 Å². The Labute approximate surface area is 236 Å². The molecule has 0 aliphatic rings. The number of benzene rings is 3. The number of aromatic nitrogens is 5. The average Bonchev–Trinajstić information content (AvgIpc) is 3.76. The van der Waals surface area contributed by atoms with Crippen molar-refractivity contribution in [3.05, 3.63) is 133 Å². The zero-order valence-corrected chi connectivity index (χ0v) is 22.4. The SMILES string of the molecule is C/C(=N/OCc1nc2c3c(-c4ccccc4)c(-c4ccccc4)n(Cc4ccco4)c3ncn2n1)c1ccccc1. The van der Waals surface area contributed by atoms with Crippen molar-refractivity contribution < 1.29 is 9.25 Å². The predicted octanol–water partition coefficient (Wildman–Crippen LogP) is 7.00. The van der Waals surface area contributed by atoms with Gasteiger partial charge in [-0.15, -0.1) is 5.10 Å². The summed E-state index contributed by atoms with van der Waals surface area (Å²) in [7, 11) is 0. The Hall–Kier alpha value is -5.50. The molecule has 0 spiro atoms. The van der Waals surface area contributed by atoms with Gasteiger partial charge in [0.15, 0.2) is 18.1 Å². The van der Waals surface area contributed by atoms with Crippen molar-refractivity contribution in [3.63, 3.8) is 0 Å². The lowest BCUT2D eigenvalue weighted by atomic mass is 9.99. The number of hydrogen-bond acceptors (Lipinski definition) is 6. The molecule has 0 N–H and O–H groups in total. The van der Waals surface area contributed by atoms with E-state index in [1.54, 1.807) is 17.1 Å². The van der Waals surface area contributed by atoms with Crippen molar-refractivity contribution >= 4 is 22.4 Å². The molecule has 0 radical (unpaired) electrons. The molecule has 8 nitrogen and oxygen atoms in total. The Balaban J connectivity index is 1.40. The third-order valence-corrected chi connectivity index (χ3v) is 7.01. The van der Waals surface area contributed by atoms with Gasteiger partial charge < -0.3 is 13.8 Å². The number of furan rings is 1. The summed E-state index contributed by atoms with van der Waals surface area (Å²) < 4.78 is 9.68. The molecular formula is C33H26N6O2. The maximum Gasteiger partial charge on any atom is 0.192 e. The molecule has 0 aliphatic heterocycles. The summed E-state index contributed by atoms with van der Waals surface area (Å²) in [6, 6.07) is 34.5. The van der Waals surface area contributed by atoms with Crippen LogP contribution < -0.4 is 0 Å². The lowest BCUT2D eigenvalue weighted by Gasteiger charge is -2.11. The van der Waals surface area contributed by atoms with Crippen LogP contribution in [-0.4, -0.2) is 29.9 Å². The number of rotatable bonds is 8. The predicted molar refractivity (Wildman–Crippen MR) is 158 cm³/mol. The first kappa shape index (κ1) is 24.5. The van der Waals surface area contributed by atoms with Crippen molar-refractivity contribution in [2.75, 3.05) is 0 Å². The Morgan fingerprint density at radius 1 is 0.829 bits per heavy atom. The molecule has 7 rings (SSSR count). The summed E-state index contributed by atoms with van der Waals surface area (Å²) >= 11 is 0. The van der Waals surface area contributed by atoms with Gasteiger partial charge in [-0.2, -0.15) is 0 Å². The Kier molecular flexibility index (Phi) is 6.33. The highest BCUT2D eigenvalue weighted by molar-refractivity contribution is 6.09. The molecule has 0 bridgehead atoms. The molecular weight excluding hydrogens is 512 g/mol. The van der Waals surface area contributed by atoms with Crippen LogP contribution in [-0.2, 0) is 18.0 Å². The van der Waals surface area contributed by atoms with Crippen LogP contribution in [0, 0.1) is 0 Å². The molecule has 8 heteroatoms. The third-order valence-electron chi connectivity index (χ3n) is 7.01. The van der Waals surface area contributed by atoms with Gasteiger partial charge in [0.1, 0.15) is 17.7 Å². The van der Waals surface area contributed by atoms with E-state index in [1.165, 1.54) is 0 Å². The first-order valence-electron chi connectivity index (χ1n) is 13.4. The van der Waals surface area contributed by atoms with Crippen LogP contribution in [0.4, 0.5) is 0 Å². The van der Waals surface area contributed by atoms with Crippen LogP contribution in [0.1, 0.15) is 24.1 Å². The van der Waals surface area contributed by atoms with E-state index in [-0.39, 0.29) is 6.61 Å². The van der Waals surface area contributed by atoms with E-state index in [9.17, 15) is 0 Å². The summed E-state index contributed by atoms with van der Waals surface area (Å²) in [5.74, 6) is 1.35. The highest BCUT2D eigenvalue weighted by Crippen LogP contribution is 2.42. The van der Waals surface area contributed by atoms with Gasteiger partial charge in [0, 0.05) is 5.56 Å². The number of nitrogens with zero attached hydrogens (tertiary/aromatic N) is 6. The molecule has 0 saturated heterocycles. The topological polar surface area (TPSA) is 82.7 Å². The second kappa shape index (κ2) is 10.6. The van der Waals surface area contributed by atoms with Crippen LogP contribution >= 0.6 is 0 Å². The van der Waals surface area contributed by atoms with Gasteiger partial charge in [0.2, 0.25) is 0 Å². The van der Waals surface area contributed by atoms with Crippen LogP contribution in [0.25, 0.3) is 39.1 Å². The molecule has 41 heavy (non-hydrogen) atoms. The number of hydrogen-bond donors (Lipinski definition) is 0. The largest absolute Gasteiger partial charge is 0.467 e. The van der Waals surface area contributed by atoms with Gasteiger partial charge in [-0.25, -0.2) is 14.5 Å². The van der Waals surface area contributed by atoms with Crippen LogP contribution in [0.2, 0.25) is 0 Å². The molecule has 0 fully saturated rings. The van der Waals surface area contributed by atoms with Gasteiger partial charge in [0.05, 0.1) is 29.6 Å². The first-order chi connectivity index (χ1) is 20.3. The van der Waals surface area contributed by atoms with Gasteiger partial charge in [0.25, 0.3) is 0 Å². The maximum absolute atomic E-state index is 5.77. The summed E-state index contributed by atoms with van der Waals surface area (Å²) in [6.45, 7) is 2.56. The summed E-state index contributed by atoms with van der Waals surface area (Å²) in [6.07, 6.45) is 3.40. The second-order valence-corrected chi connectivity index (χ2v) is 9.68. The fourth-order valence-electron chi connectivity index (χ4n) is 5.15. The lowest BCUT2D eigenvalue weighted by molar-refractivity contribution is 0.125. The Morgan fingerprint density at radius 3 is 2.24 bits per heavy atom. The van der Waals surface area contributed by atoms with Gasteiger partial charge in [-0.05, 0) is 35.7 Å². The fourth-order valence-corrected chi connectivity index (χ4v) is 5.15. The molecule has 4 aromatic heterocycles. The monoisotopic (exact) mass is 538 g/mol. The standard InChI is InChI=1S/C33H26N6O2/c1-23(24-12-5-2-6-13-24)37-41-21-28-35-33-30-29(25-14-7-3-8-15-25)31(26-16-9-4-10-17-26)38(20-27-18-11-19-40-27)32(30)34-22-39(33)36-28/h2-19,22H,20-21H2,1H3/b37-23-. The third kappa shape index (κ3) is 4.65. The van der Waals surface area contributed by atoms with Crippen molar-refractivity contribution in [2.24, 2.45) is 5.16 Å². The van der Waals surface area contributed by atoms with Crippen molar-refractivity contribution in [1.82, 2.24) is 24.1 Å². The normalized spacial score (nSPS) is 11.9. The van der Waals surface area contributed by atoms with Gasteiger partial charge in [-0.1, -0.05) is 96.2 Å². The van der Waals surface area contributed by atoms with E-state index in [1.807, 2.05) is 85.8 Å². The summed E-state index contributed by atoms with van der Waals surface area (Å²) in [4.78, 5) is 15.5. The molecule has 0 aliphatic carbocycles. The minimum atomic E-state index is 0.132. The van der Waals surface area contributed by atoms with Crippen molar-refractivity contribution in [1.29, 1.82) is 0 Å². The number of fused-ring (bicyclic) bond motifs is 3. The molecule has 200 valence electrons. The van der Waals surface area contributed by atoms with E-state index in [2.05, 4.69) is 39.1 Å². The Bertz CT molecular complexity index is 1960. The molecule has 0 unspecified atom stereocenters. The van der Waals surface area contributed by atoms with Crippen molar-refractivity contribution in [2.45, 2.75) is 20.1 Å². The van der Waals surface area contributed by atoms with E-state index < -0.39 is 0 Å². The van der Waals surface area contributed by atoms with E-state index in [0.29, 0.717) is 18.0 Å². The van der Waals surface area contributed by atoms with E-state index in [4.69, 9.17) is 19.2 Å². The Morgan fingerprint density at radius 2 is 1.54 bits per heavy atom. The quantitative estimate of drug-likeness (QED) is 0.154. The van der Waals surface area contributed by atoms with Crippen LogP contribution in [0.15, 0.2) is 125 Å². The molecule has 0 atom stereocenters. The van der Waals surface area contributed by atoms with Gasteiger partial charge >= 0.3 is 0 Å². The molecule has 0 amide bonds. The molecule has 4 heterocycles. The number of oxime groups is 1. The van der Waals surface area contributed by atoms with E-state index >= 15 is 0 Å². The maximum atomic E-state index is 5.77. The molecule has 7 aromatic rings. The molecule has 3 aromatic carbocycles. The fraction of sp³-hybridized carbons (Fsp3) is 0.0909. The van der Waals surface area contributed by atoms with Gasteiger partial charge in [-0.3, -0.25) is 0 Å². The minimum Gasteiger partial charge on any atom is -0.467 e. The smallest absolute Gasteiger partial charge is 0.192 e.